The maximum Gasteiger partial charge on any atom is 0.418 e. The fourth-order valence-corrected chi connectivity index (χ4v) is 5.20. The standard InChI is InChI=1S/C14H18N4O7S2/c15-9(10-2-1-5-26-10)6-24-16-12(19)11-8-3-4-14(8)7-17(11)13(20)18(14)25-27(21,22)23/h1-2,5,8-9,11H,3-4,6-7,15H2,(H,16,19)(H,21,22,23). The summed E-state index contributed by atoms with van der Waals surface area (Å²) in [6, 6.07) is 1.77. The Balaban J connectivity index is 1.38. The molecule has 3 heterocycles. The molecule has 2 bridgehead atoms. The van der Waals surface area contributed by atoms with Gasteiger partial charge in [-0.1, -0.05) is 6.07 Å². The highest BCUT2D eigenvalue weighted by Gasteiger charge is 2.72. The molecule has 148 valence electrons. The van der Waals surface area contributed by atoms with Crippen molar-refractivity contribution in [1.82, 2.24) is 15.4 Å². The second-order valence-corrected chi connectivity index (χ2v) is 8.78. The van der Waals surface area contributed by atoms with Gasteiger partial charge in [0, 0.05) is 17.3 Å². The molecule has 3 aliphatic rings. The molecule has 1 aromatic rings. The van der Waals surface area contributed by atoms with Gasteiger partial charge in [0.2, 0.25) is 0 Å². The van der Waals surface area contributed by atoms with E-state index in [9.17, 15) is 18.0 Å². The van der Waals surface area contributed by atoms with Crippen LogP contribution in [0.4, 0.5) is 4.79 Å². The van der Waals surface area contributed by atoms with Crippen molar-refractivity contribution in [3.63, 3.8) is 0 Å². The molecule has 1 spiro atoms. The first-order valence-corrected chi connectivity index (χ1v) is 10.5. The molecule has 1 aromatic heterocycles. The van der Waals surface area contributed by atoms with Gasteiger partial charge in [0.25, 0.3) is 5.91 Å². The zero-order valence-corrected chi connectivity index (χ0v) is 15.6. The van der Waals surface area contributed by atoms with Crippen molar-refractivity contribution >= 4 is 33.7 Å². The molecular weight excluding hydrogens is 400 g/mol. The maximum absolute atomic E-state index is 12.5. The molecule has 4 unspecified atom stereocenters. The van der Waals surface area contributed by atoms with Gasteiger partial charge in [0.15, 0.2) is 0 Å². The summed E-state index contributed by atoms with van der Waals surface area (Å²) in [6.45, 7) is 0.222. The van der Waals surface area contributed by atoms with Crippen molar-refractivity contribution in [3.8, 4) is 0 Å². The van der Waals surface area contributed by atoms with E-state index in [0.717, 1.165) is 4.88 Å². The minimum absolute atomic E-state index is 0.0702. The summed E-state index contributed by atoms with van der Waals surface area (Å²) in [4.78, 5) is 32.3. The molecular formula is C14H18N4O7S2. The van der Waals surface area contributed by atoms with Crippen molar-refractivity contribution < 1.29 is 31.7 Å². The summed E-state index contributed by atoms with van der Waals surface area (Å²) >= 11 is 1.48. The number of rotatable bonds is 7. The lowest BCUT2D eigenvalue weighted by Crippen LogP contribution is -2.66. The third kappa shape index (κ3) is 2.99. The van der Waals surface area contributed by atoms with Crippen molar-refractivity contribution in [2.45, 2.75) is 30.5 Å². The summed E-state index contributed by atoms with van der Waals surface area (Å²) < 4.78 is 35.4. The van der Waals surface area contributed by atoms with Gasteiger partial charge in [-0.25, -0.2) is 10.3 Å². The first-order valence-electron chi connectivity index (χ1n) is 8.21. The molecule has 0 radical (unpaired) electrons. The second kappa shape index (κ2) is 6.39. The monoisotopic (exact) mass is 418 g/mol. The molecule has 27 heavy (non-hydrogen) atoms. The molecule has 4 atom stereocenters. The number of hydrogen-bond donors (Lipinski definition) is 3. The minimum atomic E-state index is -4.83. The molecule has 2 aliphatic heterocycles. The Hall–Kier alpha value is -1.77. The van der Waals surface area contributed by atoms with Gasteiger partial charge >= 0.3 is 16.4 Å². The highest BCUT2D eigenvalue weighted by atomic mass is 32.3. The van der Waals surface area contributed by atoms with Crippen molar-refractivity contribution in [1.29, 1.82) is 0 Å². The Labute approximate surface area is 158 Å². The van der Waals surface area contributed by atoms with E-state index in [1.807, 2.05) is 17.5 Å². The Morgan fingerprint density at radius 3 is 2.93 bits per heavy atom. The number of urea groups is 1. The van der Waals surface area contributed by atoms with E-state index < -0.39 is 33.9 Å². The lowest BCUT2D eigenvalue weighted by atomic mass is 9.65. The van der Waals surface area contributed by atoms with Crippen LogP contribution in [0, 0.1) is 5.92 Å². The first kappa shape index (κ1) is 18.6. The predicted molar refractivity (Wildman–Crippen MR) is 91.2 cm³/mol. The Morgan fingerprint density at radius 1 is 1.56 bits per heavy atom. The molecule has 1 aliphatic carbocycles. The van der Waals surface area contributed by atoms with Gasteiger partial charge in [-0.2, -0.15) is 13.5 Å². The van der Waals surface area contributed by atoms with Crippen molar-refractivity contribution in [2.24, 2.45) is 11.7 Å². The number of hydroxylamine groups is 3. The number of fused-ring (bicyclic) bond motifs is 1. The highest BCUT2D eigenvalue weighted by molar-refractivity contribution is 7.80. The van der Waals surface area contributed by atoms with Crippen molar-refractivity contribution in [3.05, 3.63) is 22.4 Å². The van der Waals surface area contributed by atoms with Crippen LogP contribution >= 0.6 is 11.3 Å². The van der Waals surface area contributed by atoms with Crippen LogP contribution < -0.4 is 11.2 Å². The van der Waals surface area contributed by atoms with Crippen LogP contribution in [0.2, 0.25) is 0 Å². The number of hydrogen-bond acceptors (Lipinski definition) is 8. The van der Waals surface area contributed by atoms with E-state index in [4.69, 9.17) is 15.1 Å². The summed E-state index contributed by atoms with van der Waals surface area (Å²) in [7, 11) is -4.83. The molecule has 4 rings (SSSR count). The fraction of sp³-hybridized carbons (Fsp3) is 0.571. The number of nitrogens with one attached hydrogen (secondary N) is 1. The molecule has 13 heteroatoms. The summed E-state index contributed by atoms with van der Waals surface area (Å²) in [6.07, 6.45) is 1.09. The average molecular weight is 418 g/mol. The van der Waals surface area contributed by atoms with E-state index in [2.05, 4.69) is 9.76 Å². The molecule has 3 fully saturated rings. The van der Waals surface area contributed by atoms with Crippen LogP contribution in [0.25, 0.3) is 0 Å². The molecule has 0 aromatic carbocycles. The van der Waals surface area contributed by atoms with Gasteiger partial charge in [-0.05, 0) is 24.3 Å². The zero-order chi connectivity index (χ0) is 19.4. The van der Waals surface area contributed by atoms with Crippen LogP contribution in [-0.2, 0) is 24.3 Å². The van der Waals surface area contributed by atoms with Crippen LogP contribution in [0.15, 0.2) is 17.5 Å². The maximum atomic E-state index is 12.5. The Morgan fingerprint density at radius 2 is 2.33 bits per heavy atom. The highest BCUT2D eigenvalue weighted by Crippen LogP contribution is 2.57. The van der Waals surface area contributed by atoms with Gasteiger partial charge in [0.1, 0.15) is 6.04 Å². The number of amides is 3. The van der Waals surface area contributed by atoms with Crippen LogP contribution in [-0.4, -0.2) is 59.6 Å². The molecule has 2 saturated heterocycles. The number of thiophene rings is 1. The molecule has 3 amide bonds. The van der Waals surface area contributed by atoms with E-state index in [1.165, 1.54) is 16.2 Å². The minimum Gasteiger partial charge on any atom is -0.321 e. The molecule has 4 N–H and O–H groups in total. The second-order valence-electron chi connectivity index (χ2n) is 6.80. The topological polar surface area (TPSA) is 151 Å². The van der Waals surface area contributed by atoms with Gasteiger partial charge in [0.05, 0.1) is 18.2 Å². The number of nitrogens with zero attached hydrogens (tertiary/aromatic N) is 2. The normalized spacial score (nSPS) is 30.2. The Kier molecular flexibility index (Phi) is 4.40. The fourth-order valence-electron chi connectivity index (χ4n) is 4.08. The SMILES string of the molecule is NC(CONC(=O)C1C2CCC23CN1C(=O)N3OS(=O)(=O)O)c1cccs1. The quantitative estimate of drug-likeness (QED) is 0.407. The van der Waals surface area contributed by atoms with Crippen LogP contribution in [0.1, 0.15) is 23.8 Å². The zero-order valence-electron chi connectivity index (χ0n) is 14.0. The Bertz CT molecular complexity index is 861. The number of nitrogens with two attached hydrogens (primary N) is 1. The molecule has 11 nitrogen and oxygen atoms in total. The van der Waals surface area contributed by atoms with Crippen LogP contribution in [0.5, 0.6) is 0 Å². The molecule has 1 saturated carbocycles. The lowest BCUT2D eigenvalue weighted by Gasteiger charge is -2.50. The van der Waals surface area contributed by atoms with Gasteiger partial charge in [-0.3, -0.25) is 14.2 Å². The van der Waals surface area contributed by atoms with E-state index in [0.29, 0.717) is 17.9 Å². The summed E-state index contributed by atoms with van der Waals surface area (Å²) in [5, 5.41) is 2.56. The van der Waals surface area contributed by atoms with E-state index in [1.54, 1.807) is 0 Å². The predicted octanol–water partition coefficient (Wildman–Crippen LogP) is -0.201. The van der Waals surface area contributed by atoms with Crippen molar-refractivity contribution in [2.75, 3.05) is 13.2 Å². The summed E-state index contributed by atoms with van der Waals surface area (Å²) in [5.41, 5.74) is 7.37. The average Bonchev–Trinajstić information content (AvgIpc) is 3.24. The third-order valence-electron chi connectivity index (χ3n) is 5.35. The summed E-state index contributed by atoms with van der Waals surface area (Å²) in [5.74, 6) is -0.814. The number of carbonyl (C=O) groups is 2. The number of carbonyl (C=O) groups excluding carboxylic acids is 2. The van der Waals surface area contributed by atoms with E-state index >= 15 is 0 Å². The van der Waals surface area contributed by atoms with E-state index in [-0.39, 0.29) is 25.1 Å². The third-order valence-corrected chi connectivity index (χ3v) is 6.69. The van der Waals surface area contributed by atoms with Gasteiger partial charge in [-0.15, -0.1) is 15.6 Å². The van der Waals surface area contributed by atoms with Gasteiger partial charge < -0.3 is 10.6 Å². The first-order chi connectivity index (χ1) is 12.7. The van der Waals surface area contributed by atoms with Crippen LogP contribution in [0.3, 0.4) is 0 Å². The lowest BCUT2D eigenvalue weighted by molar-refractivity contribution is -0.162. The smallest absolute Gasteiger partial charge is 0.321 e. The largest absolute Gasteiger partial charge is 0.418 e.